The summed E-state index contributed by atoms with van der Waals surface area (Å²) in [6.07, 6.45) is 3.34. The molecule has 1 aliphatic heterocycles. The molecule has 0 spiro atoms. The summed E-state index contributed by atoms with van der Waals surface area (Å²) in [6.45, 7) is 0. The van der Waals surface area contributed by atoms with Gasteiger partial charge in [0.25, 0.3) is 0 Å². The Bertz CT molecular complexity index is 3760. The van der Waals surface area contributed by atoms with Gasteiger partial charge in [0, 0.05) is 74.2 Å². The molecule has 5 nitrogen and oxygen atoms in total. The summed E-state index contributed by atoms with van der Waals surface area (Å²) >= 11 is 3.62. The topological polar surface area (TPSA) is 55.1 Å². The lowest BCUT2D eigenvalue weighted by atomic mass is 9.84. The van der Waals surface area contributed by atoms with Crippen molar-refractivity contribution in [3.63, 3.8) is 0 Å². The second kappa shape index (κ2) is 13.0. The summed E-state index contributed by atoms with van der Waals surface area (Å²) in [5, 5.41) is 6.96. The highest BCUT2D eigenvalue weighted by Gasteiger charge is 2.38. The molecular weight excluding hydrogens is 797 g/mol. The zero-order valence-corrected chi connectivity index (χ0v) is 34.7. The molecule has 62 heavy (non-hydrogen) atoms. The quantitative estimate of drug-likeness (QED) is 0.177. The standard InChI is InChI=1S/C55H32N4OS2/c1-2-12-32-30-45-40(27-31(32)11-1)35-13-3-7-17-43(35)59(45)44-24-23-39(52-51(44)38-16-4-8-18-46(38)60-52)55-57-53(33-21-25-49-41(28-33)36-14-5-9-19-47(36)61-49)56-54(58-55)34-22-26-50-42(29-34)37-15-6-10-20-48(37)62-50/h1-26,28-30,40H,27H2. The lowest BCUT2D eigenvalue weighted by Crippen LogP contribution is -2.17. The average Bonchev–Trinajstić information content (AvgIpc) is 4.09. The van der Waals surface area contributed by atoms with Crippen LogP contribution >= 0.6 is 22.7 Å². The van der Waals surface area contributed by atoms with Gasteiger partial charge in [0.15, 0.2) is 17.5 Å². The third-order valence-corrected chi connectivity index (χ3v) is 15.1. The van der Waals surface area contributed by atoms with Gasteiger partial charge in [-0.25, -0.2) is 15.0 Å². The number of benzene rings is 8. The van der Waals surface area contributed by atoms with Gasteiger partial charge in [0.2, 0.25) is 0 Å². The van der Waals surface area contributed by atoms with E-state index in [0.717, 1.165) is 50.7 Å². The molecule has 1 atom stereocenters. The number of anilines is 2. The number of aromatic nitrogens is 3. The molecule has 12 aromatic rings. The van der Waals surface area contributed by atoms with E-state index in [4.69, 9.17) is 19.4 Å². The smallest absolute Gasteiger partial charge is 0.167 e. The van der Waals surface area contributed by atoms with Gasteiger partial charge in [-0.1, -0.05) is 97.1 Å². The molecule has 4 aromatic heterocycles. The number of thiophene rings is 2. The van der Waals surface area contributed by atoms with Crippen LogP contribution in [-0.2, 0) is 6.42 Å². The van der Waals surface area contributed by atoms with E-state index in [1.807, 2.05) is 28.7 Å². The molecule has 8 aromatic carbocycles. The first-order chi connectivity index (χ1) is 30.7. The van der Waals surface area contributed by atoms with E-state index < -0.39 is 0 Å². The molecule has 290 valence electrons. The number of hydrogen-bond acceptors (Lipinski definition) is 7. The van der Waals surface area contributed by atoms with Crippen LogP contribution in [0.15, 0.2) is 180 Å². The van der Waals surface area contributed by atoms with Crippen LogP contribution in [0, 0.1) is 0 Å². The van der Waals surface area contributed by atoms with E-state index in [-0.39, 0.29) is 5.92 Å². The van der Waals surface area contributed by atoms with Gasteiger partial charge in [-0.05, 0) is 102 Å². The van der Waals surface area contributed by atoms with Crippen LogP contribution in [0.2, 0.25) is 0 Å². The fourth-order valence-corrected chi connectivity index (χ4v) is 12.2. The van der Waals surface area contributed by atoms with Crippen LogP contribution in [0.3, 0.4) is 0 Å². The van der Waals surface area contributed by atoms with Crippen molar-refractivity contribution in [2.45, 2.75) is 12.3 Å². The minimum atomic E-state index is 0.248. The third kappa shape index (κ3) is 5.03. The van der Waals surface area contributed by atoms with Gasteiger partial charge in [-0.15, -0.1) is 22.7 Å². The molecule has 7 heteroatoms. The maximum absolute atomic E-state index is 6.96. The molecule has 0 N–H and O–H groups in total. The fraction of sp³-hybridized carbons (Fsp3) is 0.0364. The van der Waals surface area contributed by atoms with Crippen molar-refractivity contribution >= 4 is 102 Å². The van der Waals surface area contributed by atoms with Crippen molar-refractivity contribution < 1.29 is 4.42 Å². The zero-order valence-electron chi connectivity index (χ0n) is 33.0. The minimum Gasteiger partial charge on any atom is -0.455 e. The van der Waals surface area contributed by atoms with Gasteiger partial charge in [-0.3, -0.25) is 0 Å². The number of rotatable bonds is 4. The molecule has 0 amide bonds. The molecule has 5 heterocycles. The summed E-state index contributed by atoms with van der Waals surface area (Å²) in [7, 11) is 0. The zero-order chi connectivity index (χ0) is 40.5. The van der Waals surface area contributed by atoms with Crippen LogP contribution in [0.4, 0.5) is 11.4 Å². The van der Waals surface area contributed by atoms with Crippen LogP contribution in [-0.4, -0.2) is 15.0 Å². The van der Waals surface area contributed by atoms with Crippen molar-refractivity contribution in [2.75, 3.05) is 4.90 Å². The molecule has 0 saturated carbocycles. The van der Waals surface area contributed by atoms with Gasteiger partial charge in [0.1, 0.15) is 11.2 Å². The number of nitrogens with zero attached hydrogens (tertiary/aromatic N) is 4. The predicted octanol–water partition coefficient (Wildman–Crippen LogP) is 15.3. The summed E-state index contributed by atoms with van der Waals surface area (Å²) in [5.41, 5.74) is 11.8. The number of hydrogen-bond donors (Lipinski definition) is 0. The van der Waals surface area contributed by atoms with E-state index in [9.17, 15) is 0 Å². The Hall–Kier alpha value is -7.45. The summed E-state index contributed by atoms with van der Waals surface area (Å²) in [6, 6.07) is 60.8. The lowest BCUT2D eigenvalue weighted by molar-refractivity contribution is 0.669. The maximum Gasteiger partial charge on any atom is 0.167 e. The minimum absolute atomic E-state index is 0.248. The number of furan rings is 1. The summed E-state index contributed by atoms with van der Waals surface area (Å²) in [4.78, 5) is 18.4. The molecule has 0 saturated heterocycles. The molecule has 0 fully saturated rings. The van der Waals surface area contributed by atoms with Gasteiger partial charge in [-0.2, -0.15) is 0 Å². The predicted molar refractivity (Wildman–Crippen MR) is 259 cm³/mol. The number of para-hydroxylation sites is 2. The normalized spacial score (nSPS) is 14.6. The van der Waals surface area contributed by atoms with E-state index in [2.05, 4.69) is 175 Å². The van der Waals surface area contributed by atoms with Crippen LogP contribution in [0.5, 0.6) is 0 Å². The second-order valence-electron chi connectivity index (χ2n) is 16.3. The monoisotopic (exact) mass is 828 g/mol. The molecule has 1 unspecified atom stereocenters. The Morgan fingerprint density at radius 3 is 1.84 bits per heavy atom. The van der Waals surface area contributed by atoms with Crippen molar-refractivity contribution in [1.82, 2.24) is 15.0 Å². The highest BCUT2D eigenvalue weighted by atomic mass is 32.1. The first-order valence-corrected chi connectivity index (χ1v) is 22.6. The highest BCUT2D eigenvalue weighted by Crippen LogP contribution is 2.54. The second-order valence-corrected chi connectivity index (χ2v) is 18.4. The molecular formula is C55H32N4OS2. The SMILES string of the molecule is C1=C2C(Cc3ccccc31)c1ccccc1N2c1ccc(-c2nc(-c3ccc4sc5ccccc5c4c3)nc(-c3ccc4sc5ccccc5c4c3)n2)c2oc3ccccc3c12. The van der Waals surface area contributed by atoms with E-state index in [1.165, 1.54) is 68.4 Å². The Balaban J connectivity index is 1.01. The molecule has 14 rings (SSSR count). The Morgan fingerprint density at radius 1 is 0.500 bits per heavy atom. The van der Waals surface area contributed by atoms with Crippen molar-refractivity contribution in [2.24, 2.45) is 0 Å². The van der Waals surface area contributed by atoms with Crippen LogP contribution in [0.1, 0.15) is 22.6 Å². The first-order valence-electron chi connectivity index (χ1n) is 20.9. The Labute approximate surface area is 363 Å². The third-order valence-electron chi connectivity index (χ3n) is 12.8. The van der Waals surface area contributed by atoms with Crippen molar-refractivity contribution in [1.29, 1.82) is 0 Å². The van der Waals surface area contributed by atoms with Gasteiger partial charge < -0.3 is 9.32 Å². The fourth-order valence-electron chi connectivity index (χ4n) is 9.99. The molecule has 0 bridgehead atoms. The molecule has 0 radical (unpaired) electrons. The largest absolute Gasteiger partial charge is 0.455 e. The maximum atomic E-state index is 6.96. The van der Waals surface area contributed by atoms with E-state index in [0.29, 0.717) is 17.5 Å². The van der Waals surface area contributed by atoms with E-state index >= 15 is 0 Å². The Kier molecular flexibility index (Phi) is 7.20. The van der Waals surface area contributed by atoms with Gasteiger partial charge >= 0.3 is 0 Å². The Morgan fingerprint density at radius 2 is 1.10 bits per heavy atom. The van der Waals surface area contributed by atoms with Crippen LogP contribution in [0.25, 0.3) is 103 Å². The number of fused-ring (bicyclic) bond motifs is 13. The van der Waals surface area contributed by atoms with Crippen LogP contribution < -0.4 is 4.90 Å². The summed E-state index contributed by atoms with van der Waals surface area (Å²) < 4.78 is 12.0. The first kappa shape index (κ1) is 34.3. The van der Waals surface area contributed by atoms with Gasteiger partial charge in [0.05, 0.1) is 16.6 Å². The average molecular weight is 829 g/mol. The van der Waals surface area contributed by atoms with E-state index in [1.54, 1.807) is 0 Å². The molecule has 2 aliphatic rings. The molecule has 1 aliphatic carbocycles. The summed E-state index contributed by atoms with van der Waals surface area (Å²) in [5.74, 6) is 2.05. The lowest BCUT2D eigenvalue weighted by Gasteiger charge is -2.28. The van der Waals surface area contributed by atoms with Crippen molar-refractivity contribution in [3.05, 3.63) is 192 Å². The van der Waals surface area contributed by atoms with Crippen molar-refractivity contribution in [3.8, 4) is 34.2 Å². The number of allylic oxidation sites excluding steroid dienone is 1. The highest BCUT2D eigenvalue weighted by molar-refractivity contribution is 7.26.